The van der Waals surface area contributed by atoms with Crippen molar-refractivity contribution in [3.63, 3.8) is 0 Å². The van der Waals surface area contributed by atoms with Gasteiger partial charge in [0.15, 0.2) is 0 Å². The lowest BCUT2D eigenvalue weighted by atomic mass is 9.88. The molecule has 0 saturated carbocycles. The summed E-state index contributed by atoms with van der Waals surface area (Å²) in [6.07, 6.45) is 3.66. The van der Waals surface area contributed by atoms with Gasteiger partial charge in [-0.2, -0.15) is 0 Å². The smallest absolute Gasteiger partial charge is 0.255 e. The third-order valence-electron chi connectivity index (χ3n) is 5.61. The molecule has 152 valence electrons. The van der Waals surface area contributed by atoms with Crippen LogP contribution in [0.3, 0.4) is 0 Å². The number of hydrogen-bond donors (Lipinski definition) is 0. The van der Waals surface area contributed by atoms with Crippen LogP contribution in [0.15, 0.2) is 85.2 Å². The number of carbonyl (C=O) groups is 2. The van der Waals surface area contributed by atoms with Gasteiger partial charge in [-0.25, -0.2) is 0 Å². The van der Waals surface area contributed by atoms with Crippen molar-refractivity contribution in [2.75, 3.05) is 26.2 Å². The minimum absolute atomic E-state index is 0.0231. The van der Waals surface area contributed by atoms with Gasteiger partial charge in [-0.3, -0.25) is 14.6 Å². The number of carbonyl (C=O) groups excluding carboxylic acids is 2. The zero-order valence-corrected chi connectivity index (χ0v) is 16.9. The highest BCUT2D eigenvalue weighted by Gasteiger charge is 2.27. The van der Waals surface area contributed by atoms with Gasteiger partial charge in [-0.15, -0.1) is 0 Å². The number of amides is 2. The zero-order chi connectivity index (χ0) is 20.8. The Kier molecular flexibility index (Phi) is 6.18. The molecule has 3 aromatic rings. The Morgan fingerprint density at radius 2 is 1.33 bits per heavy atom. The predicted molar refractivity (Wildman–Crippen MR) is 116 cm³/mol. The van der Waals surface area contributed by atoms with Crippen LogP contribution < -0.4 is 0 Å². The molecule has 0 unspecified atom stereocenters. The third-order valence-corrected chi connectivity index (χ3v) is 5.61. The van der Waals surface area contributed by atoms with Crippen molar-refractivity contribution in [3.05, 3.63) is 102 Å². The Morgan fingerprint density at radius 1 is 0.767 bits per heavy atom. The third kappa shape index (κ3) is 4.57. The second-order valence-electron chi connectivity index (χ2n) is 7.49. The molecule has 0 bridgehead atoms. The summed E-state index contributed by atoms with van der Waals surface area (Å²) in [5.41, 5.74) is 2.87. The number of hydrogen-bond acceptors (Lipinski definition) is 3. The van der Waals surface area contributed by atoms with Crippen LogP contribution in [-0.2, 0) is 4.79 Å². The number of nitrogens with zero attached hydrogens (tertiary/aromatic N) is 3. The molecule has 1 aromatic heterocycles. The first-order chi connectivity index (χ1) is 14.7. The van der Waals surface area contributed by atoms with E-state index < -0.39 is 0 Å². The zero-order valence-electron chi connectivity index (χ0n) is 16.9. The van der Waals surface area contributed by atoms with Gasteiger partial charge < -0.3 is 9.80 Å². The van der Waals surface area contributed by atoms with Crippen molar-refractivity contribution in [1.82, 2.24) is 14.8 Å². The Hall–Kier alpha value is -3.47. The molecule has 2 amide bonds. The second kappa shape index (κ2) is 9.35. The SMILES string of the molecule is O=C(CC(c1ccccc1)c1ccccc1)N1CCN(C(=O)c2cccnc2)CC1. The molecule has 4 rings (SSSR count). The number of rotatable bonds is 5. The number of aromatic nitrogens is 1. The Bertz CT molecular complexity index is 930. The normalized spacial score (nSPS) is 14.0. The summed E-state index contributed by atoms with van der Waals surface area (Å²) in [6, 6.07) is 23.9. The van der Waals surface area contributed by atoms with Crippen LogP contribution in [0.1, 0.15) is 33.8 Å². The van der Waals surface area contributed by atoms with Gasteiger partial charge in [-0.05, 0) is 23.3 Å². The summed E-state index contributed by atoms with van der Waals surface area (Å²) in [5.74, 6) is 0.123. The molecule has 1 aliphatic heterocycles. The van der Waals surface area contributed by atoms with E-state index in [0.29, 0.717) is 38.2 Å². The molecular formula is C25H25N3O2. The summed E-state index contributed by atoms with van der Waals surface area (Å²) in [7, 11) is 0. The van der Waals surface area contributed by atoms with Crippen LogP contribution in [0.5, 0.6) is 0 Å². The van der Waals surface area contributed by atoms with E-state index in [-0.39, 0.29) is 17.7 Å². The maximum absolute atomic E-state index is 13.1. The Morgan fingerprint density at radius 3 is 1.87 bits per heavy atom. The summed E-state index contributed by atoms with van der Waals surface area (Å²) in [4.78, 5) is 33.4. The molecule has 30 heavy (non-hydrogen) atoms. The number of benzene rings is 2. The van der Waals surface area contributed by atoms with Crippen molar-refractivity contribution in [1.29, 1.82) is 0 Å². The number of pyridine rings is 1. The first-order valence-corrected chi connectivity index (χ1v) is 10.3. The average Bonchev–Trinajstić information content (AvgIpc) is 2.83. The van der Waals surface area contributed by atoms with Crippen LogP contribution in [0, 0.1) is 0 Å². The maximum Gasteiger partial charge on any atom is 0.255 e. The molecular weight excluding hydrogens is 374 g/mol. The molecule has 1 fully saturated rings. The van der Waals surface area contributed by atoms with E-state index in [0.717, 1.165) is 11.1 Å². The Labute approximate surface area is 177 Å². The minimum Gasteiger partial charge on any atom is -0.339 e. The van der Waals surface area contributed by atoms with Crippen molar-refractivity contribution < 1.29 is 9.59 Å². The fraction of sp³-hybridized carbons (Fsp3) is 0.240. The van der Waals surface area contributed by atoms with E-state index in [4.69, 9.17) is 0 Å². The van der Waals surface area contributed by atoms with E-state index in [1.807, 2.05) is 41.3 Å². The molecule has 0 N–H and O–H groups in total. The molecule has 2 aromatic carbocycles. The molecule has 1 aliphatic rings. The van der Waals surface area contributed by atoms with Gasteiger partial charge in [0.25, 0.3) is 5.91 Å². The minimum atomic E-state index is -0.0263. The highest BCUT2D eigenvalue weighted by atomic mass is 16.2. The molecule has 2 heterocycles. The van der Waals surface area contributed by atoms with Crippen LogP contribution in [-0.4, -0.2) is 52.8 Å². The summed E-state index contributed by atoms with van der Waals surface area (Å²) < 4.78 is 0. The van der Waals surface area contributed by atoms with Gasteiger partial charge in [0, 0.05) is 50.9 Å². The van der Waals surface area contributed by atoms with Gasteiger partial charge in [0.1, 0.15) is 0 Å². The predicted octanol–water partition coefficient (Wildman–Crippen LogP) is 3.59. The lowest BCUT2D eigenvalue weighted by molar-refractivity contribution is -0.132. The van der Waals surface area contributed by atoms with Crippen LogP contribution in [0.4, 0.5) is 0 Å². The van der Waals surface area contributed by atoms with Gasteiger partial charge >= 0.3 is 0 Å². The highest BCUT2D eigenvalue weighted by molar-refractivity contribution is 5.94. The Balaban J connectivity index is 1.41. The average molecular weight is 399 g/mol. The molecule has 0 atom stereocenters. The topological polar surface area (TPSA) is 53.5 Å². The van der Waals surface area contributed by atoms with E-state index >= 15 is 0 Å². The van der Waals surface area contributed by atoms with Crippen LogP contribution in [0.25, 0.3) is 0 Å². The standard InChI is InChI=1S/C25H25N3O2/c29-24(18-23(20-8-3-1-4-9-20)21-10-5-2-6-11-21)27-14-16-28(17-15-27)25(30)22-12-7-13-26-19-22/h1-13,19,23H,14-18H2. The quantitative estimate of drug-likeness (QED) is 0.659. The van der Waals surface area contributed by atoms with Gasteiger partial charge in [-0.1, -0.05) is 60.7 Å². The fourth-order valence-corrected chi connectivity index (χ4v) is 3.93. The maximum atomic E-state index is 13.1. The molecule has 0 aliphatic carbocycles. The summed E-state index contributed by atoms with van der Waals surface area (Å²) in [6.45, 7) is 2.20. The highest BCUT2D eigenvalue weighted by Crippen LogP contribution is 2.28. The summed E-state index contributed by atoms with van der Waals surface area (Å²) >= 11 is 0. The van der Waals surface area contributed by atoms with Crippen molar-refractivity contribution in [3.8, 4) is 0 Å². The summed E-state index contributed by atoms with van der Waals surface area (Å²) in [5, 5.41) is 0. The van der Waals surface area contributed by atoms with E-state index in [2.05, 4.69) is 29.2 Å². The molecule has 0 radical (unpaired) electrons. The first kappa shape index (κ1) is 19.8. The fourth-order valence-electron chi connectivity index (χ4n) is 3.93. The lowest BCUT2D eigenvalue weighted by Crippen LogP contribution is -2.50. The van der Waals surface area contributed by atoms with Gasteiger partial charge in [0.05, 0.1) is 5.56 Å². The van der Waals surface area contributed by atoms with E-state index in [1.54, 1.807) is 29.4 Å². The van der Waals surface area contributed by atoms with Crippen molar-refractivity contribution in [2.45, 2.75) is 12.3 Å². The first-order valence-electron chi connectivity index (χ1n) is 10.3. The van der Waals surface area contributed by atoms with Crippen LogP contribution in [0.2, 0.25) is 0 Å². The monoisotopic (exact) mass is 399 g/mol. The van der Waals surface area contributed by atoms with E-state index in [9.17, 15) is 9.59 Å². The molecule has 5 nitrogen and oxygen atoms in total. The van der Waals surface area contributed by atoms with Crippen molar-refractivity contribution in [2.24, 2.45) is 0 Å². The van der Waals surface area contributed by atoms with Gasteiger partial charge in [0.2, 0.25) is 5.91 Å². The molecule has 1 saturated heterocycles. The van der Waals surface area contributed by atoms with E-state index in [1.165, 1.54) is 0 Å². The second-order valence-corrected chi connectivity index (χ2v) is 7.49. The van der Waals surface area contributed by atoms with Crippen LogP contribution >= 0.6 is 0 Å². The lowest BCUT2D eigenvalue weighted by Gasteiger charge is -2.35. The number of piperazine rings is 1. The van der Waals surface area contributed by atoms with Crippen molar-refractivity contribution >= 4 is 11.8 Å². The molecule has 5 heteroatoms. The largest absolute Gasteiger partial charge is 0.339 e. The molecule has 0 spiro atoms.